The lowest BCUT2D eigenvalue weighted by atomic mass is 10.1. The van der Waals surface area contributed by atoms with Crippen LogP contribution in [-0.2, 0) is 17.8 Å². The predicted molar refractivity (Wildman–Crippen MR) is 119 cm³/mol. The molecular formula is C24H25N3O3. The van der Waals surface area contributed by atoms with Crippen LogP contribution in [0.2, 0.25) is 0 Å². The van der Waals surface area contributed by atoms with Gasteiger partial charge in [-0.2, -0.15) is 5.10 Å². The van der Waals surface area contributed by atoms with Crippen LogP contribution in [-0.4, -0.2) is 19.2 Å². The zero-order valence-electron chi connectivity index (χ0n) is 17.1. The van der Waals surface area contributed by atoms with Crippen molar-refractivity contribution in [2.24, 2.45) is 5.10 Å². The summed E-state index contributed by atoms with van der Waals surface area (Å²) < 4.78 is 11.3. The van der Waals surface area contributed by atoms with E-state index in [-0.39, 0.29) is 12.3 Å². The van der Waals surface area contributed by atoms with E-state index in [9.17, 15) is 4.79 Å². The summed E-state index contributed by atoms with van der Waals surface area (Å²) in [5.74, 6) is 1.03. The molecule has 3 aromatic rings. The molecule has 0 saturated heterocycles. The Bertz CT molecular complexity index is 1010. The molecule has 6 nitrogen and oxygen atoms in total. The van der Waals surface area contributed by atoms with Gasteiger partial charge >= 0.3 is 0 Å². The molecule has 3 rings (SSSR count). The Balaban J connectivity index is 1.59. The summed E-state index contributed by atoms with van der Waals surface area (Å²) in [5, 5.41) is 4.03. The van der Waals surface area contributed by atoms with E-state index in [0.29, 0.717) is 23.8 Å². The number of hydrazone groups is 1. The van der Waals surface area contributed by atoms with Gasteiger partial charge in [-0.25, -0.2) is 5.43 Å². The Hall–Kier alpha value is -3.80. The first kappa shape index (κ1) is 20.9. The van der Waals surface area contributed by atoms with Gasteiger partial charge < -0.3 is 15.2 Å². The van der Waals surface area contributed by atoms with Crippen LogP contribution in [0.3, 0.4) is 0 Å². The number of amides is 1. The van der Waals surface area contributed by atoms with E-state index >= 15 is 0 Å². The summed E-state index contributed by atoms with van der Waals surface area (Å²) >= 11 is 0. The SMILES string of the molecule is COc1ccc(/C=N\NC(=O)Cc2ccc(N)cc2)cc1OCc1ccc(C)cc1. The molecule has 0 saturated carbocycles. The van der Waals surface area contributed by atoms with Gasteiger partial charge in [-0.3, -0.25) is 4.79 Å². The molecular weight excluding hydrogens is 378 g/mol. The highest BCUT2D eigenvalue weighted by molar-refractivity contribution is 5.84. The topological polar surface area (TPSA) is 85.9 Å². The summed E-state index contributed by atoms with van der Waals surface area (Å²) in [4.78, 5) is 12.0. The van der Waals surface area contributed by atoms with E-state index in [1.54, 1.807) is 25.5 Å². The fourth-order valence-electron chi connectivity index (χ4n) is 2.77. The molecule has 1 amide bonds. The number of hydrogen-bond donors (Lipinski definition) is 2. The third-order valence-electron chi connectivity index (χ3n) is 4.45. The van der Waals surface area contributed by atoms with Crippen LogP contribution in [0.1, 0.15) is 22.3 Å². The minimum Gasteiger partial charge on any atom is -0.493 e. The molecule has 0 aromatic heterocycles. The number of nitrogens with two attached hydrogens (primary N) is 1. The standard InChI is InChI=1S/C24H25N3O3/c1-17-3-5-19(6-4-17)16-30-23-13-20(9-12-22(23)29-2)15-26-27-24(28)14-18-7-10-21(25)11-8-18/h3-13,15H,14,16,25H2,1-2H3,(H,27,28)/b26-15-. The molecule has 0 fully saturated rings. The molecule has 154 valence electrons. The summed E-state index contributed by atoms with van der Waals surface area (Å²) in [7, 11) is 1.60. The van der Waals surface area contributed by atoms with Crippen molar-refractivity contribution in [1.29, 1.82) is 0 Å². The lowest BCUT2D eigenvalue weighted by Crippen LogP contribution is -2.19. The van der Waals surface area contributed by atoms with Crippen molar-refractivity contribution in [3.8, 4) is 11.5 Å². The molecule has 0 heterocycles. The number of aryl methyl sites for hydroxylation is 1. The number of anilines is 1. The number of carbonyl (C=O) groups is 1. The van der Waals surface area contributed by atoms with Crippen LogP contribution < -0.4 is 20.6 Å². The maximum atomic E-state index is 12.0. The second-order valence-electron chi connectivity index (χ2n) is 6.90. The third-order valence-corrected chi connectivity index (χ3v) is 4.45. The fraction of sp³-hybridized carbons (Fsp3) is 0.167. The highest BCUT2D eigenvalue weighted by atomic mass is 16.5. The van der Waals surface area contributed by atoms with Crippen molar-refractivity contribution in [2.45, 2.75) is 20.0 Å². The predicted octanol–water partition coefficient (Wildman–Crippen LogP) is 3.86. The molecule has 30 heavy (non-hydrogen) atoms. The zero-order valence-corrected chi connectivity index (χ0v) is 17.1. The maximum absolute atomic E-state index is 12.0. The van der Waals surface area contributed by atoms with Crippen molar-refractivity contribution in [2.75, 3.05) is 12.8 Å². The van der Waals surface area contributed by atoms with Crippen LogP contribution >= 0.6 is 0 Å². The van der Waals surface area contributed by atoms with Crippen molar-refractivity contribution < 1.29 is 14.3 Å². The maximum Gasteiger partial charge on any atom is 0.244 e. The number of hydrogen-bond acceptors (Lipinski definition) is 5. The van der Waals surface area contributed by atoms with Crippen molar-refractivity contribution in [3.63, 3.8) is 0 Å². The van der Waals surface area contributed by atoms with Crippen LogP contribution in [0.4, 0.5) is 5.69 Å². The Morgan fingerprint density at radius 2 is 1.70 bits per heavy atom. The van der Waals surface area contributed by atoms with Gasteiger partial charge in [0.1, 0.15) is 6.61 Å². The summed E-state index contributed by atoms with van der Waals surface area (Å²) in [6.45, 7) is 2.47. The molecule has 0 radical (unpaired) electrons. The van der Waals surface area contributed by atoms with Gasteiger partial charge in [-0.15, -0.1) is 0 Å². The minimum atomic E-state index is -0.208. The Kier molecular flexibility index (Phi) is 7.05. The molecule has 0 atom stereocenters. The average molecular weight is 403 g/mol. The Labute approximate surface area is 176 Å². The van der Waals surface area contributed by atoms with Crippen molar-refractivity contribution in [1.82, 2.24) is 5.43 Å². The first-order valence-corrected chi connectivity index (χ1v) is 9.56. The van der Waals surface area contributed by atoms with E-state index in [1.165, 1.54) is 5.56 Å². The lowest BCUT2D eigenvalue weighted by molar-refractivity contribution is -0.120. The third kappa shape index (κ3) is 6.10. The Morgan fingerprint density at radius 1 is 1.00 bits per heavy atom. The second-order valence-corrected chi connectivity index (χ2v) is 6.90. The van der Waals surface area contributed by atoms with Gasteiger partial charge in [-0.05, 0) is 53.9 Å². The molecule has 0 spiro atoms. The van der Waals surface area contributed by atoms with Gasteiger partial charge in [0.25, 0.3) is 0 Å². The largest absolute Gasteiger partial charge is 0.493 e. The van der Waals surface area contributed by atoms with Crippen molar-refractivity contribution in [3.05, 3.63) is 89.0 Å². The minimum absolute atomic E-state index is 0.208. The molecule has 3 aromatic carbocycles. The molecule has 3 N–H and O–H groups in total. The highest BCUT2D eigenvalue weighted by Crippen LogP contribution is 2.28. The van der Waals surface area contributed by atoms with Crippen LogP contribution in [0.5, 0.6) is 11.5 Å². The zero-order chi connectivity index (χ0) is 21.3. The Morgan fingerprint density at radius 3 is 2.40 bits per heavy atom. The highest BCUT2D eigenvalue weighted by Gasteiger charge is 2.06. The molecule has 0 bridgehead atoms. The normalized spacial score (nSPS) is 10.7. The van der Waals surface area contributed by atoms with Gasteiger partial charge in [0.05, 0.1) is 19.7 Å². The molecule has 0 aliphatic heterocycles. The number of nitrogens with one attached hydrogen (secondary N) is 1. The van der Waals surface area contributed by atoms with Crippen LogP contribution in [0.15, 0.2) is 71.8 Å². The van der Waals surface area contributed by atoms with E-state index in [1.807, 2.05) is 61.5 Å². The second kappa shape index (κ2) is 10.1. The number of nitrogens with zero attached hydrogens (tertiary/aromatic N) is 1. The summed E-state index contributed by atoms with van der Waals surface area (Å²) in [6, 6.07) is 20.8. The number of rotatable bonds is 8. The van der Waals surface area contributed by atoms with Gasteiger partial charge in [-0.1, -0.05) is 42.0 Å². The number of methoxy groups -OCH3 is 1. The van der Waals surface area contributed by atoms with E-state index in [4.69, 9.17) is 15.2 Å². The molecule has 0 aliphatic rings. The smallest absolute Gasteiger partial charge is 0.244 e. The number of nitrogen functional groups attached to an aromatic ring is 1. The van der Waals surface area contributed by atoms with Crippen LogP contribution in [0.25, 0.3) is 0 Å². The van der Waals surface area contributed by atoms with Crippen molar-refractivity contribution >= 4 is 17.8 Å². The fourth-order valence-corrected chi connectivity index (χ4v) is 2.77. The summed E-state index contributed by atoms with van der Waals surface area (Å²) in [6.07, 6.45) is 1.80. The first-order chi connectivity index (χ1) is 14.5. The lowest BCUT2D eigenvalue weighted by Gasteiger charge is -2.11. The molecule has 0 aliphatic carbocycles. The quantitative estimate of drug-likeness (QED) is 0.340. The molecule has 6 heteroatoms. The van der Waals surface area contributed by atoms with Crippen LogP contribution in [0, 0.1) is 6.92 Å². The van der Waals surface area contributed by atoms with Gasteiger partial charge in [0, 0.05) is 5.69 Å². The van der Waals surface area contributed by atoms with E-state index < -0.39 is 0 Å². The van der Waals surface area contributed by atoms with E-state index in [0.717, 1.165) is 16.7 Å². The van der Waals surface area contributed by atoms with E-state index in [2.05, 4.69) is 10.5 Å². The monoisotopic (exact) mass is 403 g/mol. The number of carbonyl (C=O) groups excluding carboxylic acids is 1. The molecule has 0 unspecified atom stereocenters. The number of ether oxygens (including phenoxy) is 2. The number of benzene rings is 3. The first-order valence-electron chi connectivity index (χ1n) is 9.56. The van der Waals surface area contributed by atoms with Gasteiger partial charge in [0.15, 0.2) is 11.5 Å². The van der Waals surface area contributed by atoms with Gasteiger partial charge in [0.2, 0.25) is 5.91 Å². The average Bonchev–Trinajstić information content (AvgIpc) is 2.75. The summed E-state index contributed by atoms with van der Waals surface area (Å²) in [5.41, 5.74) is 12.8.